The van der Waals surface area contributed by atoms with E-state index in [4.69, 9.17) is 0 Å². The van der Waals surface area contributed by atoms with Gasteiger partial charge in [0, 0.05) is 34.9 Å². The molecule has 1 unspecified atom stereocenters. The van der Waals surface area contributed by atoms with Crippen molar-refractivity contribution >= 4 is 10.8 Å². The van der Waals surface area contributed by atoms with Gasteiger partial charge in [0.25, 0.3) is 0 Å². The number of halogens is 1. The van der Waals surface area contributed by atoms with Crippen LogP contribution in [0.3, 0.4) is 0 Å². The van der Waals surface area contributed by atoms with E-state index in [-0.39, 0.29) is 5.82 Å². The summed E-state index contributed by atoms with van der Waals surface area (Å²) in [7, 11) is -0.732. The summed E-state index contributed by atoms with van der Waals surface area (Å²) < 4.78 is 23.9. The molecule has 0 spiro atoms. The van der Waals surface area contributed by atoms with Gasteiger partial charge >= 0.3 is 0 Å². The minimum Gasteiger partial charge on any atom is -0.313 e. The topological polar surface area (TPSA) is 29.1 Å². The lowest BCUT2D eigenvalue weighted by molar-refractivity contribution is 0.586. The van der Waals surface area contributed by atoms with Crippen LogP contribution in [-0.4, -0.2) is 22.8 Å². The fourth-order valence-corrected chi connectivity index (χ4v) is 1.82. The summed E-state index contributed by atoms with van der Waals surface area (Å²) in [4.78, 5) is 0. The molecule has 0 heterocycles. The zero-order valence-electron chi connectivity index (χ0n) is 8.83. The van der Waals surface area contributed by atoms with E-state index in [1.807, 2.05) is 6.07 Å². The Balaban J connectivity index is 2.21. The molecule has 1 rings (SSSR count). The van der Waals surface area contributed by atoms with Crippen molar-refractivity contribution in [2.24, 2.45) is 0 Å². The van der Waals surface area contributed by atoms with Gasteiger partial charge in [-0.05, 0) is 19.0 Å². The molecule has 4 heteroatoms. The minimum absolute atomic E-state index is 0.177. The quantitative estimate of drug-likeness (QED) is 0.752. The fourth-order valence-electron chi connectivity index (χ4n) is 1.27. The summed E-state index contributed by atoms with van der Waals surface area (Å²) >= 11 is 0. The van der Waals surface area contributed by atoms with Gasteiger partial charge in [0.2, 0.25) is 0 Å². The molecule has 0 amide bonds. The molecule has 1 atom stereocenters. The first-order chi connectivity index (χ1) is 7.20. The standard InChI is InChI=1S/C11H16FNOS/c1-15(14)8-4-7-13-9-10-5-2-3-6-11(10)12/h2-3,5-6,13H,4,7-9H2,1H3. The molecule has 0 saturated heterocycles. The third-order valence-corrected chi connectivity index (χ3v) is 2.92. The molecular formula is C11H16FNOS. The van der Waals surface area contributed by atoms with Crippen LogP contribution in [0.2, 0.25) is 0 Å². The predicted octanol–water partition coefficient (Wildman–Crippen LogP) is 1.68. The lowest BCUT2D eigenvalue weighted by Crippen LogP contribution is -2.17. The number of nitrogens with one attached hydrogen (secondary N) is 1. The molecule has 1 aromatic rings. The second-order valence-electron chi connectivity index (χ2n) is 3.40. The molecule has 0 radical (unpaired) electrons. The van der Waals surface area contributed by atoms with Crippen LogP contribution in [0.25, 0.3) is 0 Å². The van der Waals surface area contributed by atoms with Gasteiger partial charge < -0.3 is 5.32 Å². The Morgan fingerprint density at radius 2 is 2.13 bits per heavy atom. The van der Waals surface area contributed by atoms with Crippen molar-refractivity contribution < 1.29 is 8.60 Å². The summed E-state index contributed by atoms with van der Waals surface area (Å²) in [6.45, 7) is 1.30. The third kappa shape index (κ3) is 5.04. The van der Waals surface area contributed by atoms with Gasteiger partial charge in [0.05, 0.1) is 0 Å². The monoisotopic (exact) mass is 229 g/mol. The van der Waals surface area contributed by atoms with Crippen LogP contribution in [0, 0.1) is 5.82 Å². The van der Waals surface area contributed by atoms with Crippen LogP contribution in [-0.2, 0) is 17.3 Å². The first kappa shape index (κ1) is 12.3. The molecule has 0 bridgehead atoms. The SMILES string of the molecule is CS(=O)CCCNCc1ccccc1F. The van der Waals surface area contributed by atoms with E-state index in [1.165, 1.54) is 6.07 Å². The second kappa shape index (κ2) is 6.69. The summed E-state index contributed by atoms with van der Waals surface area (Å²) in [5.74, 6) is 0.522. The Labute approximate surface area is 92.3 Å². The summed E-state index contributed by atoms with van der Waals surface area (Å²) in [5, 5.41) is 3.12. The number of hydrogen-bond donors (Lipinski definition) is 1. The van der Waals surface area contributed by atoms with E-state index < -0.39 is 10.8 Å². The van der Waals surface area contributed by atoms with Gasteiger partial charge in [0.1, 0.15) is 5.82 Å². The van der Waals surface area contributed by atoms with E-state index in [9.17, 15) is 8.60 Å². The molecular weight excluding hydrogens is 213 g/mol. The Morgan fingerprint density at radius 1 is 1.40 bits per heavy atom. The van der Waals surface area contributed by atoms with Crippen LogP contribution in [0.15, 0.2) is 24.3 Å². The van der Waals surface area contributed by atoms with Crippen molar-refractivity contribution in [2.75, 3.05) is 18.6 Å². The number of rotatable bonds is 6. The smallest absolute Gasteiger partial charge is 0.127 e. The normalized spacial score (nSPS) is 12.7. The highest BCUT2D eigenvalue weighted by Gasteiger charge is 1.99. The van der Waals surface area contributed by atoms with Crippen molar-refractivity contribution in [3.63, 3.8) is 0 Å². The molecule has 0 saturated carbocycles. The van der Waals surface area contributed by atoms with E-state index in [0.717, 1.165) is 13.0 Å². The highest BCUT2D eigenvalue weighted by molar-refractivity contribution is 7.84. The summed E-state index contributed by atoms with van der Waals surface area (Å²) in [5.41, 5.74) is 0.676. The van der Waals surface area contributed by atoms with Crippen LogP contribution >= 0.6 is 0 Å². The van der Waals surface area contributed by atoms with Gasteiger partial charge in [-0.3, -0.25) is 4.21 Å². The summed E-state index contributed by atoms with van der Waals surface area (Å²) in [6, 6.07) is 6.72. The van der Waals surface area contributed by atoms with Gasteiger partial charge in [-0.2, -0.15) is 0 Å². The maximum atomic E-state index is 13.1. The molecule has 0 aliphatic carbocycles. The molecule has 0 aliphatic heterocycles. The second-order valence-corrected chi connectivity index (χ2v) is 4.95. The van der Waals surface area contributed by atoms with Crippen molar-refractivity contribution in [3.8, 4) is 0 Å². The Kier molecular flexibility index (Phi) is 5.50. The van der Waals surface area contributed by atoms with Crippen molar-refractivity contribution in [2.45, 2.75) is 13.0 Å². The maximum Gasteiger partial charge on any atom is 0.127 e. The highest BCUT2D eigenvalue weighted by Crippen LogP contribution is 2.05. The van der Waals surface area contributed by atoms with Crippen LogP contribution in [0.1, 0.15) is 12.0 Å². The van der Waals surface area contributed by atoms with Crippen molar-refractivity contribution in [1.29, 1.82) is 0 Å². The minimum atomic E-state index is -0.732. The van der Waals surface area contributed by atoms with Crippen molar-refractivity contribution in [1.82, 2.24) is 5.32 Å². The van der Waals surface area contributed by atoms with Gasteiger partial charge in [-0.25, -0.2) is 4.39 Å². The number of hydrogen-bond acceptors (Lipinski definition) is 2. The Morgan fingerprint density at radius 3 is 2.80 bits per heavy atom. The average molecular weight is 229 g/mol. The van der Waals surface area contributed by atoms with Crippen molar-refractivity contribution in [3.05, 3.63) is 35.6 Å². The largest absolute Gasteiger partial charge is 0.313 e. The van der Waals surface area contributed by atoms with E-state index >= 15 is 0 Å². The maximum absolute atomic E-state index is 13.1. The molecule has 84 valence electrons. The van der Waals surface area contributed by atoms with Gasteiger partial charge in [-0.1, -0.05) is 18.2 Å². The van der Waals surface area contributed by atoms with Gasteiger partial charge in [-0.15, -0.1) is 0 Å². The fraction of sp³-hybridized carbons (Fsp3) is 0.455. The summed E-state index contributed by atoms with van der Waals surface area (Å²) in [6.07, 6.45) is 2.55. The van der Waals surface area contributed by atoms with E-state index in [1.54, 1.807) is 18.4 Å². The first-order valence-electron chi connectivity index (χ1n) is 4.94. The van der Waals surface area contributed by atoms with E-state index in [0.29, 0.717) is 17.9 Å². The zero-order chi connectivity index (χ0) is 11.1. The molecule has 0 aromatic heterocycles. The van der Waals surface area contributed by atoms with Crippen LogP contribution in [0.4, 0.5) is 4.39 Å². The Hall–Kier alpha value is -0.740. The van der Waals surface area contributed by atoms with Gasteiger partial charge in [0.15, 0.2) is 0 Å². The number of benzene rings is 1. The lowest BCUT2D eigenvalue weighted by Gasteiger charge is -2.04. The lowest BCUT2D eigenvalue weighted by atomic mass is 10.2. The predicted molar refractivity (Wildman–Crippen MR) is 61.7 cm³/mol. The molecule has 0 fully saturated rings. The highest BCUT2D eigenvalue weighted by atomic mass is 32.2. The van der Waals surface area contributed by atoms with E-state index in [2.05, 4.69) is 5.32 Å². The first-order valence-corrected chi connectivity index (χ1v) is 6.67. The zero-order valence-corrected chi connectivity index (χ0v) is 9.65. The molecule has 2 nitrogen and oxygen atoms in total. The third-order valence-electron chi connectivity index (χ3n) is 2.06. The average Bonchev–Trinajstić information content (AvgIpc) is 2.20. The molecule has 1 aromatic carbocycles. The van der Waals surface area contributed by atoms with Crippen LogP contribution in [0.5, 0.6) is 0 Å². The molecule has 1 N–H and O–H groups in total. The molecule has 0 aliphatic rings. The Bertz CT molecular complexity index is 330. The molecule has 15 heavy (non-hydrogen) atoms. The van der Waals surface area contributed by atoms with Crippen LogP contribution < -0.4 is 5.32 Å².